The van der Waals surface area contributed by atoms with E-state index in [-0.39, 0.29) is 11.8 Å². The second kappa shape index (κ2) is 7.77. The number of fused-ring (bicyclic) bond motifs is 3. The first-order valence-corrected chi connectivity index (χ1v) is 13.8. The van der Waals surface area contributed by atoms with Crippen molar-refractivity contribution in [1.82, 2.24) is 4.57 Å². The maximum Gasteiger partial charge on any atom is 0.227 e. The van der Waals surface area contributed by atoms with Gasteiger partial charge >= 0.3 is 0 Å². The molecule has 2 aromatic carbocycles. The highest BCUT2D eigenvalue weighted by Gasteiger charge is 2.55. The number of amides is 1. The molecule has 3 aliphatic rings. The first-order valence-electron chi connectivity index (χ1n) is 11.8. The molecule has 31 heavy (non-hydrogen) atoms. The summed E-state index contributed by atoms with van der Waals surface area (Å²) in [6.45, 7) is 3.13. The number of benzene rings is 2. The molecule has 0 radical (unpaired) electrons. The molecule has 2 aliphatic carbocycles. The molecule has 2 saturated carbocycles. The van der Waals surface area contributed by atoms with Crippen molar-refractivity contribution < 1.29 is 4.79 Å². The van der Waals surface area contributed by atoms with E-state index in [1.54, 1.807) is 0 Å². The van der Waals surface area contributed by atoms with Gasteiger partial charge in [0.15, 0.2) is 0 Å². The molecule has 1 aliphatic heterocycles. The topological polar surface area (TPSA) is 34.0 Å². The van der Waals surface area contributed by atoms with Gasteiger partial charge in [-0.25, -0.2) is 0 Å². The van der Waals surface area contributed by atoms with Gasteiger partial charge in [0, 0.05) is 51.5 Å². The van der Waals surface area contributed by atoms with Gasteiger partial charge in [-0.05, 0) is 68.7 Å². The van der Waals surface area contributed by atoms with Gasteiger partial charge in [-0.1, -0.05) is 24.6 Å². The minimum Gasteiger partial charge on any atom is -0.341 e. The molecule has 162 valence electrons. The Morgan fingerprint density at radius 1 is 1.03 bits per heavy atom. The lowest BCUT2D eigenvalue weighted by molar-refractivity contribution is -0.122. The van der Waals surface area contributed by atoms with E-state index in [4.69, 9.17) is 0 Å². The van der Waals surface area contributed by atoms with Crippen LogP contribution in [0.25, 0.3) is 21.8 Å². The molecular formula is C26H30N2OS2. The van der Waals surface area contributed by atoms with E-state index in [1.165, 1.54) is 52.6 Å². The number of hydrogen-bond acceptors (Lipinski definition) is 3. The molecule has 6 rings (SSSR count). The Bertz CT molecular complexity index is 1130. The molecule has 1 aromatic heterocycles. The number of para-hydroxylation sites is 1. The van der Waals surface area contributed by atoms with Crippen LogP contribution < -0.4 is 5.32 Å². The van der Waals surface area contributed by atoms with Gasteiger partial charge in [0.1, 0.15) is 0 Å². The molecule has 3 nitrogen and oxygen atoms in total. The smallest absolute Gasteiger partial charge is 0.227 e. The van der Waals surface area contributed by atoms with Crippen molar-refractivity contribution in [2.45, 2.75) is 49.7 Å². The summed E-state index contributed by atoms with van der Waals surface area (Å²) >= 11 is 4.42. The SMILES string of the molecule is CCn1c2ccccc2c2cc(NC(=O)C3CC4CCCC(C3)C43SCCS3)ccc21. The lowest BCUT2D eigenvalue weighted by Crippen LogP contribution is -2.48. The number of carbonyl (C=O) groups excluding carboxylic acids is 1. The molecule has 3 aromatic rings. The third-order valence-electron chi connectivity index (χ3n) is 7.85. The Labute approximate surface area is 192 Å². The van der Waals surface area contributed by atoms with Crippen LogP contribution in [0.2, 0.25) is 0 Å². The third kappa shape index (κ3) is 3.14. The van der Waals surface area contributed by atoms with E-state index in [1.807, 2.05) is 0 Å². The number of aryl methyl sites for hydroxylation is 1. The van der Waals surface area contributed by atoms with Crippen molar-refractivity contribution in [2.24, 2.45) is 17.8 Å². The highest BCUT2D eigenvalue weighted by Crippen LogP contribution is 2.64. The quantitative estimate of drug-likeness (QED) is 0.479. The fourth-order valence-corrected chi connectivity index (χ4v) is 10.5. The fraction of sp³-hybridized carbons (Fsp3) is 0.500. The van der Waals surface area contributed by atoms with Gasteiger partial charge in [-0.15, -0.1) is 23.5 Å². The van der Waals surface area contributed by atoms with Crippen LogP contribution in [0.15, 0.2) is 42.5 Å². The zero-order valence-corrected chi connectivity index (χ0v) is 19.7. The molecule has 2 atom stereocenters. The summed E-state index contributed by atoms with van der Waals surface area (Å²) in [4.78, 5) is 13.3. The second-order valence-electron chi connectivity index (χ2n) is 9.39. The van der Waals surface area contributed by atoms with Crippen molar-refractivity contribution >= 4 is 56.9 Å². The lowest BCUT2D eigenvalue weighted by Gasteiger charge is -2.52. The summed E-state index contributed by atoms with van der Waals surface area (Å²) in [5.74, 6) is 4.39. The van der Waals surface area contributed by atoms with E-state index in [2.05, 4.69) is 82.8 Å². The molecular weight excluding hydrogens is 420 g/mol. The van der Waals surface area contributed by atoms with Gasteiger partial charge in [0.25, 0.3) is 0 Å². The zero-order valence-electron chi connectivity index (χ0n) is 18.1. The molecule has 1 N–H and O–H groups in total. The number of anilines is 1. The van der Waals surface area contributed by atoms with Gasteiger partial charge in [-0.3, -0.25) is 4.79 Å². The lowest BCUT2D eigenvalue weighted by atomic mass is 9.67. The zero-order chi connectivity index (χ0) is 21.0. The Morgan fingerprint density at radius 3 is 2.48 bits per heavy atom. The van der Waals surface area contributed by atoms with E-state index >= 15 is 0 Å². The minimum absolute atomic E-state index is 0.162. The van der Waals surface area contributed by atoms with Crippen LogP contribution in [0.4, 0.5) is 5.69 Å². The Morgan fingerprint density at radius 2 is 1.74 bits per heavy atom. The summed E-state index contributed by atoms with van der Waals surface area (Å²) in [5, 5.41) is 5.80. The molecule has 1 spiro atoms. The summed E-state index contributed by atoms with van der Waals surface area (Å²) in [6, 6.07) is 15.0. The summed E-state index contributed by atoms with van der Waals surface area (Å²) in [6.07, 6.45) is 6.11. The van der Waals surface area contributed by atoms with Crippen molar-refractivity contribution in [3.8, 4) is 0 Å². The standard InChI is InChI=1S/C26H30N2OS2/c1-2-28-23-9-4-3-8-21(23)22-16-20(10-11-24(22)28)27-25(29)17-14-18-6-5-7-19(15-17)26(18)30-12-13-31-26/h3-4,8-11,16-19H,2,5-7,12-15H2,1H3,(H,27,29). The predicted octanol–water partition coefficient (Wildman–Crippen LogP) is 6.76. The third-order valence-corrected chi connectivity index (χ3v) is 11.9. The predicted molar refractivity (Wildman–Crippen MR) is 135 cm³/mol. The Balaban J connectivity index is 1.26. The Hall–Kier alpha value is -1.59. The first kappa shape index (κ1) is 20.0. The molecule has 2 unspecified atom stereocenters. The van der Waals surface area contributed by atoms with Crippen molar-refractivity contribution in [3.05, 3.63) is 42.5 Å². The normalized spacial score (nSPS) is 27.2. The van der Waals surface area contributed by atoms with Crippen molar-refractivity contribution in [3.63, 3.8) is 0 Å². The maximum absolute atomic E-state index is 13.3. The summed E-state index contributed by atoms with van der Waals surface area (Å²) < 4.78 is 2.78. The number of aromatic nitrogens is 1. The highest BCUT2D eigenvalue weighted by molar-refractivity contribution is 8.21. The van der Waals surface area contributed by atoms with Gasteiger partial charge in [0.05, 0.1) is 4.08 Å². The van der Waals surface area contributed by atoms with Gasteiger partial charge < -0.3 is 9.88 Å². The molecule has 5 heteroatoms. The van der Waals surface area contributed by atoms with Crippen molar-refractivity contribution in [2.75, 3.05) is 16.8 Å². The summed E-state index contributed by atoms with van der Waals surface area (Å²) in [5.41, 5.74) is 3.44. The minimum atomic E-state index is 0.162. The second-order valence-corrected chi connectivity index (χ2v) is 12.4. The van der Waals surface area contributed by atoms with Crippen LogP contribution in [0.1, 0.15) is 39.0 Å². The molecule has 3 fully saturated rings. The van der Waals surface area contributed by atoms with E-state index in [0.717, 1.165) is 25.1 Å². The van der Waals surface area contributed by atoms with E-state index in [9.17, 15) is 4.79 Å². The number of hydrogen-bond donors (Lipinski definition) is 1. The summed E-state index contributed by atoms with van der Waals surface area (Å²) in [7, 11) is 0. The van der Waals surface area contributed by atoms with Crippen LogP contribution in [-0.4, -0.2) is 26.1 Å². The first-order chi connectivity index (χ1) is 15.2. The van der Waals surface area contributed by atoms with Crippen molar-refractivity contribution in [1.29, 1.82) is 0 Å². The average molecular weight is 451 g/mol. The van der Waals surface area contributed by atoms with Crippen LogP contribution in [0.5, 0.6) is 0 Å². The number of nitrogens with one attached hydrogen (secondary N) is 1. The maximum atomic E-state index is 13.3. The number of rotatable bonds is 3. The van der Waals surface area contributed by atoms with Gasteiger partial charge in [0.2, 0.25) is 5.91 Å². The van der Waals surface area contributed by atoms with E-state index < -0.39 is 0 Å². The van der Waals surface area contributed by atoms with Crippen LogP contribution in [0, 0.1) is 17.8 Å². The van der Waals surface area contributed by atoms with E-state index in [0.29, 0.717) is 15.9 Å². The monoisotopic (exact) mass is 450 g/mol. The molecule has 1 saturated heterocycles. The molecule has 2 heterocycles. The largest absolute Gasteiger partial charge is 0.341 e. The molecule has 1 amide bonds. The number of nitrogens with zero attached hydrogens (tertiary/aromatic N) is 1. The van der Waals surface area contributed by atoms with Crippen LogP contribution in [-0.2, 0) is 11.3 Å². The Kier molecular flexibility index (Phi) is 5.03. The van der Waals surface area contributed by atoms with Gasteiger partial charge in [-0.2, -0.15) is 0 Å². The van der Waals surface area contributed by atoms with Crippen LogP contribution in [0.3, 0.4) is 0 Å². The number of thioether (sulfide) groups is 2. The highest BCUT2D eigenvalue weighted by atomic mass is 32.2. The number of carbonyl (C=O) groups is 1. The van der Waals surface area contributed by atoms with Crippen LogP contribution >= 0.6 is 23.5 Å². The molecule has 2 bridgehead atoms. The average Bonchev–Trinajstić information content (AvgIpc) is 3.36. The fourth-order valence-electron chi connectivity index (χ4n) is 6.54.